The number of esters is 1. The van der Waals surface area contributed by atoms with Crippen LogP contribution in [0.1, 0.15) is 43.1 Å². The van der Waals surface area contributed by atoms with Crippen LogP contribution in [0.15, 0.2) is 72.8 Å². The molecule has 1 amide bonds. The van der Waals surface area contributed by atoms with Crippen molar-refractivity contribution in [2.24, 2.45) is 0 Å². The third kappa shape index (κ3) is 3.80. The van der Waals surface area contributed by atoms with Crippen molar-refractivity contribution in [1.82, 2.24) is 9.47 Å². The number of hydrogen-bond acceptors (Lipinski definition) is 3. The lowest BCUT2D eigenvalue weighted by molar-refractivity contribution is 0.0600. The summed E-state index contributed by atoms with van der Waals surface area (Å²) in [4.78, 5) is 27.1. The maximum Gasteiger partial charge on any atom is 0.337 e. The Balaban J connectivity index is 1.51. The van der Waals surface area contributed by atoms with Crippen molar-refractivity contribution in [1.29, 1.82) is 0 Å². The van der Waals surface area contributed by atoms with E-state index in [1.54, 1.807) is 12.1 Å². The number of carbonyl (C=O) groups is 2. The number of hydrogen-bond donors (Lipinski definition) is 0. The number of amides is 1. The highest BCUT2D eigenvalue weighted by Crippen LogP contribution is 2.32. The Morgan fingerprint density at radius 3 is 2.42 bits per heavy atom. The van der Waals surface area contributed by atoms with E-state index in [1.807, 2.05) is 48.2 Å². The summed E-state index contributed by atoms with van der Waals surface area (Å²) in [6, 6.07) is 23.7. The minimum atomic E-state index is -0.337. The molecule has 166 valence electrons. The fourth-order valence-corrected chi connectivity index (χ4v) is 4.78. The second-order valence-electron chi connectivity index (χ2n) is 8.51. The van der Waals surface area contributed by atoms with Crippen LogP contribution < -0.4 is 0 Å². The van der Waals surface area contributed by atoms with E-state index in [9.17, 15) is 9.59 Å². The Kier molecular flexibility index (Phi) is 5.47. The zero-order chi connectivity index (χ0) is 22.9. The quantitative estimate of drug-likeness (QED) is 0.422. The highest BCUT2D eigenvalue weighted by Gasteiger charge is 2.27. The minimum Gasteiger partial charge on any atom is -0.465 e. The molecule has 1 aliphatic rings. The van der Waals surface area contributed by atoms with E-state index in [-0.39, 0.29) is 11.9 Å². The molecular formula is C28H26N2O3. The molecule has 0 saturated heterocycles. The second kappa shape index (κ2) is 8.58. The number of carbonyl (C=O) groups excluding carboxylic acids is 2. The van der Waals surface area contributed by atoms with Crippen molar-refractivity contribution < 1.29 is 14.3 Å². The SMILES string of the molecule is COC(=O)c1ccc(Cn2c3c(c4ccccc42)CCN(C(=O)c2ccccc2C)C3)cc1. The molecule has 0 aliphatic carbocycles. The molecule has 0 radical (unpaired) electrons. The van der Waals surface area contributed by atoms with Gasteiger partial charge in [-0.3, -0.25) is 4.79 Å². The number of nitrogens with zero attached hydrogens (tertiary/aromatic N) is 2. The summed E-state index contributed by atoms with van der Waals surface area (Å²) in [5.41, 5.74) is 7.07. The van der Waals surface area contributed by atoms with E-state index in [0.717, 1.165) is 23.1 Å². The molecule has 0 atom stereocenters. The first-order chi connectivity index (χ1) is 16.1. The monoisotopic (exact) mass is 438 g/mol. The van der Waals surface area contributed by atoms with Gasteiger partial charge < -0.3 is 14.2 Å². The molecule has 0 unspecified atom stereocenters. The Labute approximate surface area is 193 Å². The number of ether oxygens (including phenoxy) is 1. The average molecular weight is 439 g/mol. The fraction of sp³-hybridized carbons (Fsp3) is 0.214. The van der Waals surface area contributed by atoms with Crippen molar-refractivity contribution in [3.8, 4) is 0 Å². The number of aryl methyl sites for hydroxylation is 1. The summed E-state index contributed by atoms with van der Waals surface area (Å²) in [5, 5.41) is 1.25. The van der Waals surface area contributed by atoms with Gasteiger partial charge in [-0.1, -0.05) is 48.5 Å². The summed E-state index contributed by atoms with van der Waals surface area (Å²) < 4.78 is 7.13. The van der Waals surface area contributed by atoms with Crippen molar-refractivity contribution >= 4 is 22.8 Å². The van der Waals surface area contributed by atoms with Crippen LogP contribution in [-0.4, -0.2) is 35.0 Å². The molecule has 1 aromatic heterocycles. The fourth-order valence-electron chi connectivity index (χ4n) is 4.78. The molecule has 5 nitrogen and oxygen atoms in total. The largest absolute Gasteiger partial charge is 0.465 e. The molecule has 5 rings (SSSR count). The lowest BCUT2D eigenvalue weighted by Gasteiger charge is -2.29. The van der Waals surface area contributed by atoms with Gasteiger partial charge in [-0.05, 0) is 54.3 Å². The van der Waals surface area contributed by atoms with Gasteiger partial charge in [0.25, 0.3) is 5.91 Å². The van der Waals surface area contributed by atoms with Crippen LogP contribution in [0.5, 0.6) is 0 Å². The minimum absolute atomic E-state index is 0.0815. The summed E-state index contributed by atoms with van der Waals surface area (Å²) in [7, 11) is 1.39. The van der Waals surface area contributed by atoms with E-state index in [0.29, 0.717) is 25.2 Å². The van der Waals surface area contributed by atoms with Gasteiger partial charge in [0.05, 0.1) is 19.2 Å². The smallest absolute Gasteiger partial charge is 0.337 e. The molecule has 3 aromatic carbocycles. The molecule has 2 heterocycles. The van der Waals surface area contributed by atoms with E-state index in [1.165, 1.54) is 29.3 Å². The third-order valence-corrected chi connectivity index (χ3v) is 6.54. The van der Waals surface area contributed by atoms with Crippen LogP contribution in [0, 0.1) is 6.92 Å². The van der Waals surface area contributed by atoms with Crippen LogP contribution in [0.3, 0.4) is 0 Å². The van der Waals surface area contributed by atoms with Crippen molar-refractivity contribution in [2.45, 2.75) is 26.4 Å². The molecule has 4 aromatic rings. The van der Waals surface area contributed by atoms with Crippen LogP contribution in [-0.2, 0) is 24.2 Å². The average Bonchev–Trinajstić information content (AvgIpc) is 3.17. The number of para-hydroxylation sites is 1. The van der Waals surface area contributed by atoms with Gasteiger partial charge >= 0.3 is 5.97 Å². The van der Waals surface area contributed by atoms with Gasteiger partial charge in [0.15, 0.2) is 0 Å². The zero-order valence-electron chi connectivity index (χ0n) is 18.9. The predicted molar refractivity (Wildman–Crippen MR) is 128 cm³/mol. The highest BCUT2D eigenvalue weighted by molar-refractivity contribution is 5.96. The van der Waals surface area contributed by atoms with Crippen molar-refractivity contribution in [3.63, 3.8) is 0 Å². The summed E-state index contributed by atoms with van der Waals surface area (Å²) in [6.07, 6.45) is 0.835. The lowest BCUT2D eigenvalue weighted by Crippen LogP contribution is -2.37. The summed E-state index contributed by atoms with van der Waals surface area (Å²) >= 11 is 0. The van der Waals surface area contributed by atoms with E-state index >= 15 is 0 Å². The Hall–Kier alpha value is -3.86. The zero-order valence-corrected chi connectivity index (χ0v) is 18.9. The standard InChI is InChI=1S/C28H26N2O3/c1-19-7-3-4-8-22(19)27(31)29-16-15-24-23-9-5-6-10-25(23)30(26(24)18-29)17-20-11-13-21(14-12-20)28(32)33-2/h3-14H,15-18H2,1-2H3. The first kappa shape index (κ1) is 21.0. The molecule has 0 saturated carbocycles. The van der Waals surface area contributed by atoms with Gasteiger partial charge in [-0.15, -0.1) is 0 Å². The molecule has 33 heavy (non-hydrogen) atoms. The number of benzene rings is 3. The second-order valence-corrected chi connectivity index (χ2v) is 8.51. The highest BCUT2D eigenvalue weighted by atomic mass is 16.5. The number of methoxy groups -OCH3 is 1. The number of rotatable bonds is 4. The Morgan fingerprint density at radius 2 is 1.67 bits per heavy atom. The normalized spacial score (nSPS) is 13.1. The predicted octanol–water partition coefficient (Wildman–Crippen LogP) is 4.98. The van der Waals surface area contributed by atoms with Gasteiger partial charge in [0, 0.05) is 35.2 Å². The van der Waals surface area contributed by atoms with Crippen LogP contribution in [0.2, 0.25) is 0 Å². The molecule has 5 heteroatoms. The third-order valence-electron chi connectivity index (χ3n) is 6.54. The van der Waals surface area contributed by atoms with Crippen LogP contribution in [0.25, 0.3) is 10.9 Å². The number of fused-ring (bicyclic) bond motifs is 3. The molecular weight excluding hydrogens is 412 g/mol. The first-order valence-electron chi connectivity index (χ1n) is 11.2. The molecule has 0 bridgehead atoms. The molecule has 0 spiro atoms. The Bertz CT molecular complexity index is 1350. The van der Waals surface area contributed by atoms with Gasteiger partial charge in [0.2, 0.25) is 0 Å². The molecule has 1 aliphatic heterocycles. The van der Waals surface area contributed by atoms with Gasteiger partial charge in [0.1, 0.15) is 0 Å². The first-order valence-corrected chi connectivity index (χ1v) is 11.2. The lowest BCUT2D eigenvalue weighted by atomic mass is 10.0. The maximum atomic E-state index is 13.3. The molecule has 0 fully saturated rings. The van der Waals surface area contributed by atoms with Gasteiger partial charge in [-0.25, -0.2) is 4.79 Å². The van der Waals surface area contributed by atoms with Crippen molar-refractivity contribution in [2.75, 3.05) is 13.7 Å². The van der Waals surface area contributed by atoms with E-state index in [4.69, 9.17) is 4.74 Å². The summed E-state index contributed by atoms with van der Waals surface area (Å²) in [5.74, 6) is -0.256. The van der Waals surface area contributed by atoms with Crippen molar-refractivity contribution in [3.05, 3.63) is 106 Å². The van der Waals surface area contributed by atoms with Gasteiger partial charge in [-0.2, -0.15) is 0 Å². The summed E-state index contributed by atoms with van der Waals surface area (Å²) in [6.45, 7) is 3.95. The Morgan fingerprint density at radius 1 is 0.939 bits per heavy atom. The van der Waals surface area contributed by atoms with E-state index in [2.05, 4.69) is 28.8 Å². The van der Waals surface area contributed by atoms with Crippen LogP contribution in [0.4, 0.5) is 0 Å². The number of aromatic nitrogens is 1. The maximum absolute atomic E-state index is 13.3. The molecule has 0 N–H and O–H groups in total. The van der Waals surface area contributed by atoms with E-state index < -0.39 is 0 Å². The topological polar surface area (TPSA) is 51.5 Å². The van der Waals surface area contributed by atoms with Crippen LogP contribution >= 0.6 is 0 Å².